The zero-order chi connectivity index (χ0) is 39.6. The van der Waals surface area contributed by atoms with Gasteiger partial charge in [0.1, 0.15) is 18.7 Å². The first-order chi connectivity index (χ1) is 23.6. The number of imide groups is 4. The lowest BCUT2D eigenvalue weighted by Gasteiger charge is -2.36. The molecule has 0 aromatic rings. The van der Waals surface area contributed by atoms with E-state index in [1.54, 1.807) is 13.8 Å². The van der Waals surface area contributed by atoms with Crippen LogP contribution in [0.4, 0.5) is 19.2 Å². The van der Waals surface area contributed by atoms with Gasteiger partial charge in [-0.25, -0.2) is 28.9 Å². The minimum Gasteiger partial charge on any atom is -0.464 e. The highest BCUT2D eigenvalue weighted by molar-refractivity contribution is 8.00. The summed E-state index contributed by atoms with van der Waals surface area (Å²) in [6.07, 6.45) is 0.241. The molecule has 20 nitrogen and oxygen atoms in total. The van der Waals surface area contributed by atoms with E-state index in [4.69, 9.17) is 9.47 Å². The maximum Gasteiger partial charge on any atom is 0.333 e. The van der Waals surface area contributed by atoms with E-state index in [2.05, 4.69) is 10.6 Å². The lowest BCUT2D eigenvalue weighted by Crippen LogP contribution is -2.58. The largest absolute Gasteiger partial charge is 0.464 e. The van der Waals surface area contributed by atoms with Crippen molar-refractivity contribution in [2.24, 2.45) is 0 Å². The van der Waals surface area contributed by atoms with Crippen LogP contribution in [0.25, 0.3) is 0 Å². The Morgan fingerprint density at radius 3 is 1.96 bits per heavy atom. The van der Waals surface area contributed by atoms with Crippen molar-refractivity contribution in [1.82, 2.24) is 40.9 Å². The maximum absolute atomic E-state index is 13.8. The third-order valence-corrected chi connectivity index (χ3v) is 8.12. The molecule has 21 heteroatoms. The molecule has 0 rings (SSSR count). The molecule has 0 saturated carbocycles. The molecule has 0 bridgehead atoms. The normalized spacial score (nSPS) is 12.6. The molecule has 0 aliphatic heterocycles. The van der Waals surface area contributed by atoms with E-state index in [0.717, 1.165) is 23.7 Å². The predicted octanol–water partition coefficient (Wildman–Crippen LogP) is -0.355. The number of aliphatic hydroxyl groups is 1. The number of nitrogens with one attached hydrogen (secondary N) is 4. The molecular weight excluding hydrogens is 696 g/mol. The molecule has 0 aromatic heterocycles. The highest BCUT2D eigenvalue weighted by atomic mass is 32.2. The van der Waals surface area contributed by atoms with Gasteiger partial charge in [-0.05, 0) is 34.1 Å². The van der Waals surface area contributed by atoms with Gasteiger partial charge < -0.3 is 35.0 Å². The summed E-state index contributed by atoms with van der Waals surface area (Å²) in [6, 6.07) is -7.31. The quantitative estimate of drug-likeness (QED) is 0.0725. The predicted molar refractivity (Wildman–Crippen MR) is 184 cm³/mol. The molecular formula is C30H52N8O12S. The van der Waals surface area contributed by atoms with Gasteiger partial charge in [0.2, 0.25) is 5.91 Å². The number of amides is 12. The molecule has 0 aromatic carbocycles. The van der Waals surface area contributed by atoms with Gasteiger partial charge in [0.15, 0.2) is 5.37 Å². The number of thioether (sulfide) groups is 1. The van der Waals surface area contributed by atoms with E-state index in [-0.39, 0.29) is 44.3 Å². The molecule has 0 aliphatic rings. The van der Waals surface area contributed by atoms with Crippen molar-refractivity contribution in [2.75, 3.05) is 60.8 Å². The molecule has 0 spiro atoms. The van der Waals surface area contributed by atoms with Crippen LogP contribution < -0.4 is 21.3 Å². The summed E-state index contributed by atoms with van der Waals surface area (Å²) in [5, 5.41) is 17.6. The number of urea groups is 4. The number of hydrogen-bond donors (Lipinski definition) is 5. The van der Waals surface area contributed by atoms with E-state index in [9.17, 15) is 48.3 Å². The van der Waals surface area contributed by atoms with Gasteiger partial charge in [-0.2, -0.15) is 0 Å². The van der Waals surface area contributed by atoms with Crippen molar-refractivity contribution in [2.45, 2.75) is 76.9 Å². The molecule has 0 heterocycles. The van der Waals surface area contributed by atoms with Crippen LogP contribution in [0.3, 0.4) is 0 Å². The standard InChI is InChI=1S/C30H52N8O12S/c1-11-13-20(39)36(8)25(51-15-14-49-17-21(40)50-12-2)24(43)35(7)19(16-30(4,5)48)22(41)33-28(46)38(10)29(47)34-26(44)32-18(3)23(42)37(9)27(45)31-6/h18-19,25,48H,11-17H2,1-10H3,(H,31,45)(H,33,41,46)(H2,32,34,44,47)/t18-,19-,25+/m0/s1. The lowest BCUT2D eigenvalue weighted by molar-refractivity contribution is -0.148. The minimum absolute atomic E-state index is 0.0174. The topological polar surface area (TPSA) is 253 Å². The number of esters is 1. The molecule has 5 N–H and O–H groups in total. The van der Waals surface area contributed by atoms with Crippen LogP contribution in [-0.2, 0) is 33.4 Å². The van der Waals surface area contributed by atoms with E-state index in [1.807, 2.05) is 10.6 Å². The summed E-state index contributed by atoms with van der Waals surface area (Å²) in [5.41, 5.74) is -1.55. The first-order valence-electron chi connectivity index (χ1n) is 15.9. The van der Waals surface area contributed by atoms with Crippen molar-refractivity contribution in [3.8, 4) is 0 Å². The number of carbonyl (C=O) groups is 9. The smallest absolute Gasteiger partial charge is 0.333 e. The number of ether oxygens (including phenoxy) is 2. The number of likely N-dealkylation sites (N-methyl/N-ethyl adjacent to an activating group) is 3. The van der Waals surface area contributed by atoms with Crippen LogP contribution in [-0.4, -0.2) is 162 Å². The highest BCUT2D eigenvalue weighted by Gasteiger charge is 2.38. The van der Waals surface area contributed by atoms with Crippen molar-refractivity contribution in [3.63, 3.8) is 0 Å². The maximum atomic E-state index is 13.8. The van der Waals surface area contributed by atoms with Gasteiger partial charge >= 0.3 is 30.1 Å². The average molecular weight is 749 g/mol. The minimum atomic E-state index is -1.55. The van der Waals surface area contributed by atoms with Gasteiger partial charge in [-0.1, -0.05) is 6.92 Å². The van der Waals surface area contributed by atoms with Crippen LogP contribution >= 0.6 is 11.8 Å². The summed E-state index contributed by atoms with van der Waals surface area (Å²) in [7, 11) is 6.06. The molecule has 0 radical (unpaired) electrons. The number of nitrogens with zero attached hydrogens (tertiary/aromatic N) is 4. The second kappa shape index (κ2) is 22.3. The Kier molecular flexibility index (Phi) is 20.4. The zero-order valence-corrected chi connectivity index (χ0v) is 31.6. The second-order valence-electron chi connectivity index (χ2n) is 11.7. The fraction of sp³-hybridized carbons (Fsp3) is 0.700. The summed E-state index contributed by atoms with van der Waals surface area (Å²) in [5.74, 6) is -3.42. The Hall–Kier alpha value is -4.50. The molecule has 3 atom stereocenters. The van der Waals surface area contributed by atoms with Gasteiger partial charge in [-0.15, -0.1) is 11.8 Å². The summed E-state index contributed by atoms with van der Waals surface area (Å²) in [4.78, 5) is 117. The Morgan fingerprint density at radius 2 is 1.43 bits per heavy atom. The Labute approximate surface area is 301 Å². The van der Waals surface area contributed by atoms with E-state index in [0.29, 0.717) is 16.2 Å². The fourth-order valence-electron chi connectivity index (χ4n) is 4.05. The molecule has 0 aliphatic carbocycles. The number of hydrogen-bond acceptors (Lipinski definition) is 13. The van der Waals surface area contributed by atoms with Crippen LogP contribution in [0.5, 0.6) is 0 Å². The van der Waals surface area contributed by atoms with Crippen LogP contribution in [0.15, 0.2) is 0 Å². The van der Waals surface area contributed by atoms with E-state index >= 15 is 0 Å². The molecule has 0 saturated heterocycles. The van der Waals surface area contributed by atoms with Gasteiger partial charge in [0.05, 0.1) is 18.8 Å². The van der Waals surface area contributed by atoms with Crippen LogP contribution in [0.1, 0.15) is 53.9 Å². The monoisotopic (exact) mass is 748 g/mol. The van der Waals surface area contributed by atoms with E-state index < -0.39 is 70.9 Å². The first-order valence-corrected chi connectivity index (χ1v) is 17.0. The molecule has 290 valence electrons. The zero-order valence-electron chi connectivity index (χ0n) is 30.8. The Balaban J connectivity index is 5.83. The van der Waals surface area contributed by atoms with Crippen molar-refractivity contribution < 1.29 is 57.7 Å². The second-order valence-corrected chi connectivity index (χ2v) is 12.9. The van der Waals surface area contributed by atoms with Gasteiger partial charge in [0, 0.05) is 53.8 Å². The highest BCUT2D eigenvalue weighted by Crippen LogP contribution is 2.22. The number of rotatable bonds is 17. The Bertz CT molecular complexity index is 1280. The van der Waals surface area contributed by atoms with Crippen LogP contribution in [0, 0.1) is 0 Å². The molecule has 12 amide bonds. The molecule has 0 fully saturated rings. The lowest BCUT2D eigenvalue weighted by atomic mass is 9.97. The SMILES string of the molecule is CCCC(=O)N(C)[C@H](SCCOCC(=O)OCC)C(=O)N(C)[C@@H](CC(C)(C)O)C(=O)NC(=O)N(C)C(=O)NC(=O)N[C@@H](C)C(=O)N(C)C(=O)NC. The van der Waals surface area contributed by atoms with Gasteiger partial charge in [0.25, 0.3) is 17.7 Å². The summed E-state index contributed by atoms with van der Waals surface area (Å²) < 4.78 is 10.1. The number of carbonyl (C=O) groups excluding carboxylic acids is 9. The Morgan fingerprint density at radius 1 is 0.843 bits per heavy atom. The van der Waals surface area contributed by atoms with Crippen LogP contribution in [0.2, 0.25) is 0 Å². The third-order valence-electron chi connectivity index (χ3n) is 6.89. The third kappa shape index (κ3) is 16.4. The van der Waals surface area contributed by atoms with Crippen molar-refractivity contribution in [3.05, 3.63) is 0 Å². The first kappa shape index (κ1) is 46.5. The van der Waals surface area contributed by atoms with Crippen molar-refractivity contribution in [1.29, 1.82) is 0 Å². The molecule has 0 unspecified atom stereocenters. The molecule has 51 heavy (non-hydrogen) atoms. The fourth-order valence-corrected chi connectivity index (χ4v) is 5.14. The summed E-state index contributed by atoms with van der Waals surface area (Å²) in [6.45, 7) is 7.30. The van der Waals surface area contributed by atoms with E-state index in [1.165, 1.54) is 53.9 Å². The van der Waals surface area contributed by atoms with Gasteiger partial charge in [-0.3, -0.25) is 34.7 Å². The average Bonchev–Trinajstić information content (AvgIpc) is 3.05. The van der Waals surface area contributed by atoms with Crippen molar-refractivity contribution >= 4 is 65.5 Å². The summed E-state index contributed by atoms with van der Waals surface area (Å²) >= 11 is 1.00.